The van der Waals surface area contributed by atoms with Gasteiger partial charge in [-0.15, -0.1) is 0 Å². The molecule has 2 nitrogen and oxygen atoms in total. The van der Waals surface area contributed by atoms with Gasteiger partial charge < -0.3 is 9.80 Å². The van der Waals surface area contributed by atoms with Gasteiger partial charge in [0.1, 0.15) is 12.4 Å². The fourth-order valence-electron chi connectivity index (χ4n) is 3.59. The van der Waals surface area contributed by atoms with Crippen LogP contribution in [-0.4, -0.2) is 26.2 Å². The smallest absolute Gasteiger partial charge is 0.146 e. The van der Waals surface area contributed by atoms with Crippen LogP contribution in [0.15, 0.2) is 66.7 Å². The monoisotopic (exact) mass is 321 g/mol. The number of nitrogens with zero attached hydrogens (tertiary/aromatic N) is 1. The van der Waals surface area contributed by atoms with E-state index in [1.54, 1.807) is 17.0 Å². The van der Waals surface area contributed by atoms with E-state index in [4.69, 9.17) is 0 Å². The Morgan fingerprint density at radius 1 is 0.833 bits per heavy atom. The predicted molar refractivity (Wildman–Crippen MR) is 97.0 cm³/mol. The van der Waals surface area contributed by atoms with Gasteiger partial charge in [-0.1, -0.05) is 48.5 Å². The molecule has 1 aliphatic rings. The zero-order chi connectivity index (χ0) is 16.4. The second-order valence-corrected chi connectivity index (χ2v) is 6.55. The van der Waals surface area contributed by atoms with Crippen molar-refractivity contribution in [1.82, 2.24) is 0 Å². The van der Waals surface area contributed by atoms with Crippen LogP contribution in [0.4, 0.5) is 10.1 Å². The fraction of sp³-hybridized carbons (Fsp3) is 0.238. The molecule has 1 fully saturated rings. The first-order valence-electron chi connectivity index (χ1n) is 8.60. The average molecular weight is 321 g/mol. The third-order valence-electron chi connectivity index (χ3n) is 4.93. The molecule has 0 atom stereocenters. The Balaban J connectivity index is 1.41. The van der Waals surface area contributed by atoms with Crippen LogP contribution in [0.5, 0.6) is 0 Å². The van der Waals surface area contributed by atoms with E-state index in [-0.39, 0.29) is 5.82 Å². The number of halogens is 1. The first-order valence-corrected chi connectivity index (χ1v) is 8.60. The third kappa shape index (κ3) is 3.13. The number of benzene rings is 3. The Hall–Kier alpha value is -2.39. The number of fused-ring (bicyclic) bond motifs is 1. The van der Waals surface area contributed by atoms with Crippen molar-refractivity contribution in [2.24, 2.45) is 0 Å². The Bertz CT molecular complexity index is 838. The van der Waals surface area contributed by atoms with E-state index < -0.39 is 0 Å². The quantitative estimate of drug-likeness (QED) is 0.779. The zero-order valence-corrected chi connectivity index (χ0v) is 13.7. The lowest BCUT2D eigenvalue weighted by Gasteiger charge is -2.33. The standard InChI is InChI=1S/C21H21FN2/c22-20-7-3-4-8-21(20)24-13-11-23(12-14-24)16-17-9-10-18-5-1-2-6-19(18)15-17/h1-10,15H,11-14,16H2/p+1. The average Bonchev–Trinajstić information content (AvgIpc) is 2.63. The van der Waals surface area contributed by atoms with E-state index in [1.165, 1.54) is 16.3 Å². The molecule has 24 heavy (non-hydrogen) atoms. The maximum atomic E-state index is 13.9. The molecule has 1 aliphatic heterocycles. The van der Waals surface area contributed by atoms with Crippen LogP contribution in [0.2, 0.25) is 0 Å². The molecule has 0 saturated carbocycles. The minimum atomic E-state index is -0.115. The molecule has 4 rings (SSSR count). The zero-order valence-electron chi connectivity index (χ0n) is 13.7. The molecular formula is C21H22FN2+. The molecule has 1 heterocycles. The predicted octanol–water partition coefficient (Wildman–Crippen LogP) is 2.88. The number of hydrogen-bond acceptors (Lipinski definition) is 1. The molecule has 3 heteroatoms. The largest absolute Gasteiger partial charge is 0.358 e. The second-order valence-electron chi connectivity index (χ2n) is 6.55. The summed E-state index contributed by atoms with van der Waals surface area (Å²) in [5.74, 6) is -0.115. The summed E-state index contributed by atoms with van der Waals surface area (Å²) in [6.45, 7) is 4.94. The molecule has 122 valence electrons. The molecule has 1 N–H and O–H groups in total. The highest BCUT2D eigenvalue weighted by molar-refractivity contribution is 5.82. The molecule has 0 aromatic heterocycles. The lowest BCUT2D eigenvalue weighted by Crippen LogP contribution is -3.13. The summed E-state index contributed by atoms with van der Waals surface area (Å²) in [5.41, 5.74) is 2.12. The van der Waals surface area contributed by atoms with Crippen LogP contribution in [0.3, 0.4) is 0 Å². The van der Waals surface area contributed by atoms with Gasteiger partial charge in [0.2, 0.25) is 0 Å². The molecule has 0 amide bonds. The topological polar surface area (TPSA) is 7.68 Å². The minimum Gasteiger partial charge on any atom is -0.358 e. The van der Waals surface area contributed by atoms with E-state index in [1.807, 2.05) is 12.1 Å². The van der Waals surface area contributed by atoms with Gasteiger partial charge in [0.15, 0.2) is 0 Å². The summed E-state index contributed by atoms with van der Waals surface area (Å²) >= 11 is 0. The lowest BCUT2D eigenvalue weighted by atomic mass is 10.1. The van der Waals surface area contributed by atoms with Gasteiger partial charge in [-0.25, -0.2) is 4.39 Å². The van der Waals surface area contributed by atoms with Crippen LogP contribution in [0, 0.1) is 5.82 Å². The van der Waals surface area contributed by atoms with Crippen molar-refractivity contribution in [3.05, 3.63) is 78.1 Å². The van der Waals surface area contributed by atoms with E-state index >= 15 is 0 Å². The van der Waals surface area contributed by atoms with Crippen LogP contribution in [0.25, 0.3) is 10.8 Å². The summed E-state index contributed by atoms with van der Waals surface area (Å²) in [6.07, 6.45) is 0. The molecule has 1 saturated heterocycles. The number of para-hydroxylation sites is 1. The summed E-state index contributed by atoms with van der Waals surface area (Å²) < 4.78 is 13.9. The summed E-state index contributed by atoms with van der Waals surface area (Å²) in [7, 11) is 0. The van der Waals surface area contributed by atoms with Gasteiger partial charge in [-0.3, -0.25) is 0 Å². The molecule has 0 spiro atoms. The van der Waals surface area contributed by atoms with Crippen LogP contribution >= 0.6 is 0 Å². The Kier molecular flexibility index (Phi) is 4.18. The molecule has 0 aliphatic carbocycles. The molecular weight excluding hydrogens is 299 g/mol. The van der Waals surface area contributed by atoms with Crippen molar-refractivity contribution in [3.63, 3.8) is 0 Å². The molecule has 0 unspecified atom stereocenters. The SMILES string of the molecule is Fc1ccccc1N1CC[NH+](Cc2ccc3ccccc3c2)CC1. The van der Waals surface area contributed by atoms with Crippen molar-refractivity contribution in [2.45, 2.75) is 6.54 Å². The van der Waals surface area contributed by atoms with E-state index in [9.17, 15) is 4.39 Å². The second kappa shape index (κ2) is 6.62. The first-order chi connectivity index (χ1) is 11.8. The van der Waals surface area contributed by atoms with Crippen molar-refractivity contribution in [2.75, 3.05) is 31.1 Å². The van der Waals surface area contributed by atoms with Crippen LogP contribution < -0.4 is 9.80 Å². The first kappa shape index (κ1) is 15.2. The molecule has 0 bridgehead atoms. The van der Waals surface area contributed by atoms with Crippen molar-refractivity contribution in [3.8, 4) is 0 Å². The molecule has 3 aromatic rings. The number of piperazine rings is 1. The van der Waals surface area contributed by atoms with Crippen molar-refractivity contribution in [1.29, 1.82) is 0 Å². The number of anilines is 1. The summed E-state index contributed by atoms with van der Waals surface area (Å²) in [5, 5.41) is 2.60. The Morgan fingerprint density at radius 3 is 2.33 bits per heavy atom. The normalized spacial score (nSPS) is 15.8. The van der Waals surface area contributed by atoms with Gasteiger partial charge in [-0.2, -0.15) is 0 Å². The van der Waals surface area contributed by atoms with Gasteiger partial charge in [0.25, 0.3) is 0 Å². The highest BCUT2D eigenvalue weighted by atomic mass is 19.1. The number of hydrogen-bond donors (Lipinski definition) is 1. The maximum absolute atomic E-state index is 13.9. The van der Waals surface area contributed by atoms with Crippen molar-refractivity contribution >= 4 is 16.5 Å². The van der Waals surface area contributed by atoms with E-state index in [0.29, 0.717) is 0 Å². The van der Waals surface area contributed by atoms with E-state index in [2.05, 4.69) is 47.4 Å². The summed E-state index contributed by atoms with van der Waals surface area (Å²) in [4.78, 5) is 3.73. The highest BCUT2D eigenvalue weighted by Crippen LogP contribution is 2.18. The number of nitrogens with one attached hydrogen (secondary N) is 1. The summed E-state index contributed by atoms with van der Waals surface area (Å²) in [6, 6.07) is 22.3. The van der Waals surface area contributed by atoms with Gasteiger partial charge in [0, 0.05) is 5.56 Å². The Morgan fingerprint density at radius 2 is 1.54 bits per heavy atom. The van der Waals surface area contributed by atoms with Crippen molar-refractivity contribution < 1.29 is 9.29 Å². The van der Waals surface area contributed by atoms with Gasteiger partial charge >= 0.3 is 0 Å². The Labute approximate surface area is 142 Å². The maximum Gasteiger partial charge on any atom is 0.146 e. The molecule has 0 radical (unpaired) electrons. The van der Waals surface area contributed by atoms with E-state index in [0.717, 1.165) is 38.4 Å². The van der Waals surface area contributed by atoms with Gasteiger partial charge in [-0.05, 0) is 29.0 Å². The third-order valence-corrected chi connectivity index (χ3v) is 4.93. The van der Waals surface area contributed by atoms with Crippen LogP contribution in [0.1, 0.15) is 5.56 Å². The number of quaternary nitrogens is 1. The van der Waals surface area contributed by atoms with Crippen LogP contribution in [-0.2, 0) is 6.54 Å². The lowest BCUT2D eigenvalue weighted by molar-refractivity contribution is -0.914. The van der Waals surface area contributed by atoms with Gasteiger partial charge in [0.05, 0.1) is 31.9 Å². The number of rotatable bonds is 3. The highest BCUT2D eigenvalue weighted by Gasteiger charge is 2.21. The minimum absolute atomic E-state index is 0.115. The fourth-order valence-corrected chi connectivity index (χ4v) is 3.59. The molecule has 3 aromatic carbocycles.